The van der Waals surface area contributed by atoms with Crippen LogP contribution < -0.4 is 0 Å². The van der Waals surface area contributed by atoms with Crippen molar-refractivity contribution in [3.63, 3.8) is 0 Å². The SMILES string of the molecule is CO[C@H]1CCN(C(=O)c2ccc(CCC(C)(C)O)cc2)C1. The average Bonchev–Trinajstić information content (AvgIpc) is 2.93. The lowest BCUT2D eigenvalue weighted by atomic mass is 9.98. The molecule has 1 fully saturated rings. The summed E-state index contributed by atoms with van der Waals surface area (Å²) in [5, 5.41) is 9.74. The number of methoxy groups -OCH3 is 1. The molecule has 1 N–H and O–H groups in total. The molecular weight excluding hydrogens is 266 g/mol. The van der Waals surface area contributed by atoms with Gasteiger partial charge in [-0.2, -0.15) is 0 Å². The van der Waals surface area contributed by atoms with E-state index in [1.54, 1.807) is 7.11 Å². The van der Waals surface area contributed by atoms with Gasteiger partial charge >= 0.3 is 0 Å². The Morgan fingerprint density at radius 1 is 1.38 bits per heavy atom. The third-order valence-corrected chi connectivity index (χ3v) is 3.99. The van der Waals surface area contributed by atoms with Gasteiger partial charge in [0.05, 0.1) is 11.7 Å². The van der Waals surface area contributed by atoms with Gasteiger partial charge in [-0.3, -0.25) is 4.79 Å². The van der Waals surface area contributed by atoms with E-state index in [9.17, 15) is 9.90 Å². The number of ether oxygens (including phenoxy) is 1. The molecule has 1 aliphatic rings. The number of hydrogen-bond donors (Lipinski definition) is 1. The second-order valence-electron chi connectivity index (χ2n) is 6.41. The first-order valence-electron chi connectivity index (χ1n) is 7.52. The summed E-state index contributed by atoms with van der Waals surface area (Å²) < 4.78 is 5.29. The number of benzene rings is 1. The first-order chi connectivity index (χ1) is 9.89. The van der Waals surface area contributed by atoms with Gasteiger partial charge in [0.1, 0.15) is 0 Å². The zero-order valence-electron chi connectivity index (χ0n) is 13.1. The molecular formula is C17H25NO3. The largest absolute Gasteiger partial charge is 0.390 e. The van der Waals surface area contributed by atoms with Crippen molar-refractivity contribution in [3.8, 4) is 0 Å². The van der Waals surface area contributed by atoms with Crippen molar-refractivity contribution in [2.75, 3.05) is 20.2 Å². The van der Waals surface area contributed by atoms with Gasteiger partial charge in [-0.15, -0.1) is 0 Å². The fourth-order valence-corrected chi connectivity index (χ4v) is 2.55. The number of carbonyl (C=O) groups excluding carboxylic acids is 1. The van der Waals surface area contributed by atoms with Gasteiger partial charge in [-0.25, -0.2) is 0 Å². The molecule has 0 unspecified atom stereocenters. The molecule has 1 heterocycles. The lowest BCUT2D eigenvalue weighted by Gasteiger charge is -2.18. The Morgan fingerprint density at radius 2 is 2.05 bits per heavy atom. The van der Waals surface area contributed by atoms with Crippen LogP contribution in [0.5, 0.6) is 0 Å². The van der Waals surface area contributed by atoms with E-state index >= 15 is 0 Å². The van der Waals surface area contributed by atoms with Crippen molar-refractivity contribution in [2.24, 2.45) is 0 Å². The predicted molar refractivity (Wildman–Crippen MR) is 82.4 cm³/mol. The number of likely N-dealkylation sites (tertiary alicyclic amines) is 1. The Hall–Kier alpha value is -1.39. The second kappa shape index (κ2) is 6.58. The summed E-state index contributed by atoms with van der Waals surface area (Å²) in [5.74, 6) is 0.0728. The first-order valence-corrected chi connectivity index (χ1v) is 7.52. The third kappa shape index (κ3) is 4.55. The van der Waals surface area contributed by atoms with Gasteiger partial charge in [-0.1, -0.05) is 12.1 Å². The van der Waals surface area contributed by atoms with Crippen LogP contribution in [0.4, 0.5) is 0 Å². The van der Waals surface area contributed by atoms with E-state index in [1.165, 1.54) is 0 Å². The molecule has 4 nitrogen and oxygen atoms in total. The summed E-state index contributed by atoms with van der Waals surface area (Å²) in [5.41, 5.74) is 1.21. The maximum Gasteiger partial charge on any atom is 0.253 e. The zero-order valence-corrected chi connectivity index (χ0v) is 13.1. The predicted octanol–water partition coefficient (Wildman–Crippen LogP) is 2.25. The second-order valence-corrected chi connectivity index (χ2v) is 6.41. The highest BCUT2D eigenvalue weighted by Gasteiger charge is 2.26. The van der Waals surface area contributed by atoms with Crippen LogP contribution in [-0.2, 0) is 11.2 Å². The summed E-state index contributed by atoms with van der Waals surface area (Å²) in [6.45, 7) is 5.06. The Bertz CT molecular complexity index is 476. The van der Waals surface area contributed by atoms with Gasteiger partial charge < -0.3 is 14.7 Å². The van der Waals surface area contributed by atoms with E-state index in [2.05, 4.69) is 0 Å². The summed E-state index contributed by atoms with van der Waals surface area (Å²) >= 11 is 0. The van der Waals surface area contributed by atoms with Crippen LogP contribution in [0.15, 0.2) is 24.3 Å². The van der Waals surface area contributed by atoms with Crippen molar-refractivity contribution in [3.05, 3.63) is 35.4 Å². The zero-order chi connectivity index (χ0) is 15.5. The number of nitrogens with zero attached hydrogens (tertiary/aromatic N) is 1. The maximum absolute atomic E-state index is 12.4. The van der Waals surface area contributed by atoms with Gasteiger partial charge in [0.2, 0.25) is 0 Å². The average molecular weight is 291 g/mol. The molecule has 0 spiro atoms. The highest BCUT2D eigenvalue weighted by molar-refractivity contribution is 5.94. The highest BCUT2D eigenvalue weighted by Crippen LogP contribution is 2.17. The van der Waals surface area contributed by atoms with Crippen LogP contribution in [0.3, 0.4) is 0 Å². The Morgan fingerprint density at radius 3 is 2.57 bits per heavy atom. The molecule has 0 aromatic heterocycles. The van der Waals surface area contributed by atoms with E-state index in [0.717, 1.165) is 30.5 Å². The molecule has 1 aliphatic heterocycles. The molecule has 21 heavy (non-hydrogen) atoms. The fraction of sp³-hybridized carbons (Fsp3) is 0.588. The van der Waals surface area contributed by atoms with Crippen LogP contribution in [0, 0.1) is 0 Å². The van der Waals surface area contributed by atoms with Crippen molar-refractivity contribution < 1.29 is 14.6 Å². The molecule has 116 valence electrons. The molecule has 1 aromatic rings. The van der Waals surface area contributed by atoms with Crippen molar-refractivity contribution in [1.29, 1.82) is 0 Å². The normalized spacial score (nSPS) is 19.0. The van der Waals surface area contributed by atoms with Gasteiger partial charge in [0.25, 0.3) is 5.91 Å². The van der Waals surface area contributed by atoms with Gasteiger partial charge in [0, 0.05) is 25.8 Å². The van der Waals surface area contributed by atoms with Gasteiger partial charge in [-0.05, 0) is 50.8 Å². The van der Waals surface area contributed by atoms with Crippen LogP contribution in [0.1, 0.15) is 42.6 Å². The molecule has 1 atom stereocenters. The van der Waals surface area contributed by atoms with Crippen LogP contribution in [0.25, 0.3) is 0 Å². The first kappa shape index (κ1) is 16.0. The van der Waals surface area contributed by atoms with Crippen LogP contribution >= 0.6 is 0 Å². The highest BCUT2D eigenvalue weighted by atomic mass is 16.5. The smallest absolute Gasteiger partial charge is 0.253 e. The molecule has 0 aliphatic carbocycles. The van der Waals surface area contributed by atoms with Crippen LogP contribution in [0.2, 0.25) is 0 Å². The summed E-state index contributed by atoms with van der Waals surface area (Å²) in [6, 6.07) is 7.70. The molecule has 1 aromatic carbocycles. The number of rotatable bonds is 5. The van der Waals surface area contributed by atoms with Crippen molar-refractivity contribution in [2.45, 2.75) is 44.8 Å². The molecule has 1 saturated heterocycles. The standard InChI is InChI=1S/C17H25NO3/c1-17(2,20)10-8-13-4-6-14(7-5-13)16(19)18-11-9-15(12-18)21-3/h4-7,15,20H,8-12H2,1-3H3/t15-/m0/s1. The van der Waals surface area contributed by atoms with E-state index < -0.39 is 5.60 Å². The molecule has 2 rings (SSSR count). The number of carbonyl (C=O) groups is 1. The minimum atomic E-state index is -0.654. The lowest BCUT2D eigenvalue weighted by molar-refractivity contribution is 0.0709. The fourth-order valence-electron chi connectivity index (χ4n) is 2.55. The summed E-state index contributed by atoms with van der Waals surface area (Å²) in [6.07, 6.45) is 2.60. The summed E-state index contributed by atoms with van der Waals surface area (Å²) in [4.78, 5) is 14.2. The minimum absolute atomic E-state index is 0.0728. The number of aliphatic hydroxyl groups is 1. The lowest BCUT2D eigenvalue weighted by Crippen LogP contribution is -2.29. The van der Waals surface area contributed by atoms with E-state index in [1.807, 2.05) is 43.0 Å². The molecule has 0 bridgehead atoms. The van der Waals surface area contributed by atoms with E-state index in [0.29, 0.717) is 13.0 Å². The molecule has 1 amide bonds. The van der Waals surface area contributed by atoms with Crippen LogP contribution in [-0.4, -0.2) is 47.8 Å². The summed E-state index contributed by atoms with van der Waals surface area (Å²) in [7, 11) is 1.69. The minimum Gasteiger partial charge on any atom is -0.390 e. The number of amides is 1. The van der Waals surface area contributed by atoms with Crippen molar-refractivity contribution >= 4 is 5.91 Å². The Kier molecular flexibility index (Phi) is 5.01. The number of hydrogen-bond acceptors (Lipinski definition) is 3. The quantitative estimate of drug-likeness (QED) is 0.905. The number of aryl methyl sites for hydroxylation is 1. The van der Waals surface area contributed by atoms with E-state index in [4.69, 9.17) is 4.74 Å². The Labute approximate surface area is 126 Å². The third-order valence-electron chi connectivity index (χ3n) is 3.99. The van der Waals surface area contributed by atoms with Gasteiger partial charge in [0.15, 0.2) is 0 Å². The monoisotopic (exact) mass is 291 g/mol. The van der Waals surface area contributed by atoms with Crippen molar-refractivity contribution in [1.82, 2.24) is 4.90 Å². The maximum atomic E-state index is 12.4. The van der Waals surface area contributed by atoms with E-state index in [-0.39, 0.29) is 12.0 Å². The Balaban J connectivity index is 1.94. The molecule has 4 heteroatoms. The molecule has 0 radical (unpaired) electrons. The molecule has 0 saturated carbocycles. The topological polar surface area (TPSA) is 49.8 Å².